The number of likely N-dealkylation sites (tertiary alicyclic amines) is 1. The number of piperidine rings is 1. The predicted molar refractivity (Wildman–Crippen MR) is 112 cm³/mol. The van der Waals surface area contributed by atoms with Gasteiger partial charge in [0.2, 0.25) is 11.8 Å². The fourth-order valence-corrected chi connectivity index (χ4v) is 4.27. The zero-order valence-corrected chi connectivity index (χ0v) is 17.9. The lowest BCUT2D eigenvalue weighted by atomic mass is 9.84. The summed E-state index contributed by atoms with van der Waals surface area (Å²) < 4.78 is 0. The Morgan fingerprint density at radius 3 is 2.28 bits per heavy atom. The monoisotopic (exact) mass is 400 g/mol. The Morgan fingerprint density at radius 2 is 1.72 bits per heavy atom. The van der Waals surface area contributed by atoms with E-state index in [1.165, 1.54) is 0 Å². The van der Waals surface area contributed by atoms with Crippen molar-refractivity contribution in [1.29, 1.82) is 0 Å². The summed E-state index contributed by atoms with van der Waals surface area (Å²) in [6, 6.07) is 9.85. The van der Waals surface area contributed by atoms with E-state index < -0.39 is 5.54 Å². The molecule has 2 heterocycles. The molecular weight excluding hydrogens is 368 g/mol. The van der Waals surface area contributed by atoms with Crippen LogP contribution in [0.1, 0.15) is 40.0 Å². The maximum Gasteiger partial charge on any atom is 0.250 e. The van der Waals surface area contributed by atoms with Crippen LogP contribution in [0.4, 0.5) is 5.69 Å². The van der Waals surface area contributed by atoms with E-state index in [1.54, 1.807) is 11.9 Å². The van der Waals surface area contributed by atoms with Gasteiger partial charge < -0.3 is 20.0 Å². The van der Waals surface area contributed by atoms with Crippen LogP contribution in [0.25, 0.3) is 0 Å². The van der Waals surface area contributed by atoms with Crippen molar-refractivity contribution < 1.29 is 14.4 Å². The molecule has 3 rings (SSSR count). The van der Waals surface area contributed by atoms with Gasteiger partial charge in [0.1, 0.15) is 12.1 Å². The topological polar surface area (TPSA) is 73.0 Å². The van der Waals surface area contributed by atoms with E-state index in [-0.39, 0.29) is 29.7 Å². The molecule has 7 heteroatoms. The minimum atomic E-state index is -0.701. The Morgan fingerprint density at radius 1 is 1.10 bits per heavy atom. The van der Waals surface area contributed by atoms with E-state index in [0.717, 1.165) is 5.69 Å². The van der Waals surface area contributed by atoms with Crippen molar-refractivity contribution in [1.82, 2.24) is 15.1 Å². The smallest absolute Gasteiger partial charge is 0.250 e. The van der Waals surface area contributed by atoms with Gasteiger partial charge in [-0.25, -0.2) is 0 Å². The van der Waals surface area contributed by atoms with Crippen molar-refractivity contribution in [2.75, 3.05) is 38.3 Å². The molecular formula is C22H32N4O3. The molecule has 2 fully saturated rings. The Balaban J connectivity index is 1.81. The zero-order valence-electron chi connectivity index (χ0n) is 17.9. The molecule has 1 N–H and O–H groups in total. The van der Waals surface area contributed by atoms with Gasteiger partial charge in [-0.05, 0) is 30.4 Å². The number of benzene rings is 1. The molecule has 0 aliphatic carbocycles. The Bertz CT molecular complexity index is 764. The van der Waals surface area contributed by atoms with E-state index in [0.29, 0.717) is 39.0 Å². The highest BCUT2D eigenvalue weighted by atomic mass is 16.2. The van der Waals surface area contributed by atoms with Gasteiger partial charge in [0.05, 0.1) is 6.67 Å². The minimum Gasteiger partial charge on any atom is -0.358 e. The third-order valence-corrected chi connectivity index (χ3v) is 5.82. The lowest BCUT2D eigenvalue weighted by Gasteiger charge is -2.43. The van der Waals surface area contributed by atoms with Crippen LogP contribution in [0, 0.1) is 5.41 Å². The second kappa shape index (κ2) is 8.05. The lowest BCUT2D eigenvalue weighted by Crippen LogP contribution is -2.57. The molecule has 7 nitrogen and oxygen atoms in total. The van der Waals surface area contributed by atoms with Gasteiger partial charge in [0, 0.05) is 32.2 Å². The number of carbonyl (C=O) groups is 3. The van der Waals surface area contributed by atoms with Gasteiger partial charge in [0.15, 0.2) is 0 Å². The maximum atomic E-state index is 13.4. The average molecular weight is 401 g/mol. The summed E-state index contributed by atoms with van der Waals surface area (Å²) in [5, 5.41) is 2.60. The molecule has 158 valence electrons. The maximum absolute atomic E-state index is 13.4. The summed E-state index contributed by atoms with van der Waals surface area (Å²) in [5.74, 6) is -0.0552. The molecule has 1 aromatic carbocycles. The third-order valence-electron chi connectivity index (χ3n) is 5.82. The van der Waals surface area contributed by atoms with Gasteiger partial charge in [-0.3, -0.25) is 14.4 Å². The minimum absolute atomic E-state index is 0.0205. The van der Waals surface area contributed by atoms with Crippen LogP contribution in [0.3, 0.4) is 0 Å². The summed E-state index contributed by atoms with van der Waals surface area (Å²) in [7, 11) is 1.58. The van der Waals surface area contributed by atoms with Gasteiger partial charge in [0.25, 0.3) is 5.91 Å². The predicted octanol–water partition coefficient (Wildman–Crippen LogP) is 1.84. The molecule has 0 bridgehead atoms. The standard InChI is InChI=1S/C22H32N4O3/c1-21(2,3)14-19(28)24-12-10-22(11-13-24)20(29)25(15-18(27)23-4)16-26(22)17-8-6-5-7-9-17/h5-9H,10-16H2,1-4H3,(H,23,27). The number of nitrogens with one attached hydrogen (secondary N) is 1. The second-order valence-electron chi connectivity index (χ2n) is 9.23. The van der Waals surface area contributed by atoms with Crippen LogP contribution < -0.4 is 10.2 Å². The van der Waals surface area contributed by atoms with E-state index in [9.17, 15) is 14.4 Å². The van der Waals surface area contributed by atoms with Crippen LogP contribution in [-0.2, 0) is 14.4 Å². The van der Waals surface area contributed by atoms with Crippen LogP contribution in [-0.4, -0.2) is 66.4 Å². The third kappa shape index (κ3) is 4.38. The number of hydrogen-bond donors (Lipinski definition) is 1. The second-order valence-corrected chi connectivity index (χ2v) is 9.23. The molecule has 0 radical (unpaired) electrons. The molecule has 0 atom stereocenters. The highest BCUT2D eigenvalue weighted by molar-refractivity contribution is 5.96. The summed E-state index contributed by atoms with van der Waals surface area (Å²) >= 11 is 0. The van der Waals surface area contributed by atoms with Crippen LogP contribution >= 0.6 is 0 Å². The summed E-state index contributed by atoms with van der Waals surface area (Å²) in [6.07, 6.45) is 1.64. The average Bonchev–Trinajstić information content (AvgIpc) is 2.94. The summed E-state index contributed by atoms with van der Waals surface area (Å²) in [5.41, 5.74) is 0.207. The number of nitrogens with zero attached hydrogens (tertiary/aromatic N) is 3. The van der Waals surface area contributed by atoms with E-state index in [1.807, 2.05) is 35.2 Å². The Labute approximate surface area is 173 Å². The van der Waals surface area contributed by atoms with Gasteiger partial charge in [-0.1, -0.05) is 39.0 Å². The molecule has 1 aromatic rings. The van der Waals surface area contributed by atoms with Crippen molar-refractivity contribution >= 4 is 23.4 Å². The van der Waals surface area contributed by atoms with E-state index in [4.69, 9.17) is 0 Å². The molecule has 2 aliphatic rings. The molecule has 0 saturated carbocycles. The van der Waals surface area contributed by atoms with Crippen molar-refractivity contribution in [2.45, 2.75) is 45.6 Å². The number of carbonyl (C=O) groups excluding carboxylic acids is 3. The highest BCUT2D eigenvalue weighted by Crippen LogP contribution is 2.39. The molecule has 2 aliphatic heterocycles. The van der Waals surface area contributed by atoms with Crippen LogP contribution in [0.2, 0.25) is 0 Å². The number of para-hydroxylation sites is 1. The lowest BCUT2D eigenvalue weighted by molar-refractivity contribution is -0.140. The fraction of sp³-hybridized carbons (Fsp3) is 0.591. The number of rotatable bonds is 4. The van der Waals surface area contributed by atoms with Crippen molar-refractivity contribution in [3.05, 3.63) is 30.3 Å². The van der Waals surface area contributed by atoms with Crippen LogP contribution in [0.15, 0.2) is 30.3 Å². The Hall–Kier alpha value is -2.57. The number of anilines is 1. The zero-order chi connectivity index (χ0) is 21.2. The van der Waals surface area contributed by atoms with E-state index >= 15 is 0 Å². The van der Waals surface area contributed by atoms with Crippen molar-refractivity contribution in [2.24, 2.45) is 5.41 Å². The highest BCUT2D eigenvalue weighted by Gasteiger charge is 2.54. The Kier molecular flexibility index (Phi) is 5.87. The molecule has 1 spiro atoms. The van der Waals surface area contributed by atoms with E-state index in [2.05, 4.69) is 31.0 Å². The first-order valence-corrected chi connectivity index (χ1v) is 10.3. The van der Waals surface area contributed by atoms with Crippen molar-refractivity contribution in [3.8, 4) is 0 Å². The first-order chi connectivity index (χ1) is 13.7. The van der Waals surface area contributed by atoms with Gasteiger partial charge in [-0.15, -0.1) is 0 Å². The first-order valence-electron chi connectivity index (χ1n) is 10.3. The number of hydrogen-bond acceptors (Lipinski definition) is 4. The fourth-order valence-electron chi connectivity index (χ4n) is 4.27. The molecule has 29 heavy (non-hydrogen) atoms. The largest absolute Gasteiger partial charge is 0.358 e. The van der Waals surface area contributed by atoms with Crippen molar-refractivity contribution in [3.63, 3.8) is 0 Å². The molecule has 3 amide bonds. The number of amides is 3. The number of likely N-dealkylation sites (N-methyl/N-ethyl adjacent to an activating group) is 1. The normalized spacial score (nSPS) is 19.0. The molecule has 2 saturated heterocycles. The molecule has 0 unspecified atom stereocenters. The molecule has 0 aromatic heterocycles. The first kappa shape index (κ1) is 21.1. The summed E-state index contributed by atoms with van der Waals surface area (Å²) in [4.78, 5) is 43.6. The summed E-state index contributed by atoms with van der Waals surface area (Å²) in [6.45, 7) is 7.72. The van der Waals surface area contributed by atoms with Gasteiger partial charge in [-0.2, -0.15) is 0 Å². The SMILES string of the molecule is CNC(=O)CN1CN(c2ccccc2)C2(CCN(C(=O)CC(C)(C)C)CC2)C1=O. The van der Waals surface area contributed by atoms with Crippen LogP contribution in [0.5, 0.6) is 0 Å². The van der Waals surface area contributed by atoms with Gasteiger partial charge >= 0.3 is 0 Å². The quantitative estimate of drug-likeness (QED) is 0.837.